The highest BCUT2D eigenvalue weighted by atomic mass is 16.3. The van der Waals surface area contributed by atoms with Crippen molar-refractivity contribution in [3.63, 3.8) is 0 Å². The van der Waals surface area contributed by atoms with Gasteiger partial charge in [-0.05, 0) is 54.9 Å². The molecule has 1 aliphatic heterocycles. The van der Waals surface area contributed by atoms with Crippen molar-refractivity contribution in [1.29, 1.82) is 0 Å². The average Bonchev–Trinajstić information content (AvgIpc) is 3.38. The van der Waals surface area contributed by atoms with Gasteiger partial charge in [0.05, 0.1) is 18.6 Å². The van der Waals surface area contributed by atoms with E-state index in [-0.39, 0.29) is 17.9 Å². The van der Waals surface area contributed by atoms with E-state index in [1.54, 1.807) is 6.20 Å². The maximum atomic E-state index is 12.9. The molecular formula is C23H30N4O3. The minimum Gasteiger partial charge on any atom is -0.391 e. The third-order valence-electron chi connectivity index (χ3n) is 6.40. The van der Waals surface area contributed by atoms with Gasteiger partial charge in [-0.2, -0.15) is 5.10 Å². The number of rotatable bonds is 6. The molecule has 1 aromatic carbocycles. The van der Waals surface area contributed by atoms with Crippen LogP contribution in [-0.4, -0.2) is 50.8 Å². The Morgan fingerprint density at radius 3 is 2.57 bits per heavy atom. The molecule has 1 aromatic heterocycles. The molecule has 0 unspecified atom stereocenters. The van der Waals surface area contributed by atoms with Crippen LogP contribution in [-0.2, 0) is 16.0 Å². The maximum absolute atomic E-state index is 12.9. The molecule has 2 fully saturated rings. The van der Waals surface area contributed by atoms with E-state index in [1.807, 2.05) is 53.0 Å². The van der Waals surface area contributed by atoms with Crippen molar-refractivity contribution < 1.29 is 14.7 Å². The molecule has 0 radical (unpaired) electrons. The number of fused-ring (bicyclic) bond motifs is 1. The fourth-order valence-corrected chi connectivity index (χ4v) is 4.81. The van der Waals surface area contributed by atoms with Crippen LogP contribution in [0.5, 0.6) is 0 Å². The van der Waals surface area contributed by atoms with Crippen LogP contribution in [0.2, 0.25) is 0 Å². The zero-order valence-corrected chi connectivity index (χ0v) is 17.4. The third-order valence-corrected chi connectivity index (χ3v) is 6.40. The van der Waals surface area contributed by atoms with Gasteiger partial charge < -0.3 is 15.3 Å². The molecule has 30 heavy (non-hydrogen) atoms. The normalized spacial score (nSPS) is 25.7. The second-order valence-electron chi connectivity index (χ2n) is 8.58. The predicted molar refractivity (Wildman–Crippen MR) is 114 cm³/mol. The van der Waals surface area contributed by atoms with Crippen LogP contribution in [0.25, 0.3) is 0 Å². The van der Waals surface area contributed by atoms with Crippen LogP contribution in [0, 0.1) is 11.8 Å². The molecule has 0 spiro atoms. The summed E-state index contributed by atoms with van der Waals surface area (Å²) in [6, 6.07) is 9.38. The first kappa shape index (κ1) is 20.6. The molecule has 7 nitrogen and oxygen atoms in total. The van der Waals surface area contributed by atoms with Gasteiger partial charge in [-0.25, -0.2) is 0 Å². The lowest BCUT2D eigenvalue weighted by molar-refractivity contribution is -0.129. The Hall–Kier alpha value is -2.67. The van der Waals surface area contributed by atoms with Crippen molar-refractivity contribution in [1.82, 2.24) is 14.7 Å². The van der Waals surface area contributed by atoms with Crippen LogP contribution >= 0.6 is 0 Å². The number of anilines is 1. The fourth-order valence-electron chi connectivity index (χ4n) is 4.81. The molecule has 1 saturated carbocycles. The average molecular weight is 411 g/mol. The van der Waals surface area contributed by atoms with E-state index in [9.17, 15) is 14.7 Å². The van der Waals surface area contributed by atoms with Crippen LogP contribution in [0.4, 0.5) is 5.69 Å². The Bertz CT molecular complexity index is 865. The minimum atomic E-state index is -0.420. The first-order valence-electron chi connectivity index (χ1n) is 10.9. The molecule has 1 saturated heterocycles. The first-order chi connectivity index (χ1) is 14.5. The summed E-state index contributed by atoms with van der Waals surface area (Å²) in [6.45, 7) is 3.44. The number of carbonyl (C=O) groups is 2. The van der Waals surface area contributed by atoms with E-state index in [1.165, 1.54) is 0 Å². The third kappa shape index (κ3) is 4.56. The van der Waals surface area contributed by atoms with E-state index in [0.717, 1.165) is 37.2 Å². The van der Waals surface area contributed by atoms with Gasteiger partial charge in [0.2, 0.25) is 11.8 Å². The van der Waals surface area contributed by atoms with Crippen molar-refractivity contribution in [2.24, 2.45) is 11.8 Å². The quantitative estimate of drug-likeness (QED) is 0.766. The van der Waals surface area contributed by atoms with Crippen LogP contribution in [0.3, 0.4) is 0 Å². The summed E-state index contributed by atoms with van der Waals surface area (Å²) in [5.74, 6) is 0.892. The van der Waals surface area contributed by atoms with Gasteiger partial charge in [-0.1, -0.05) is 19.1 Å². The smallest absolute Gasteiger partial charge is 0.227 e. The summed E-state index contributed by atoms with van der Waals surface area (Å²) in [5.41, 5.74) is 1.70. The number of hydrogen-bond donors (Lipinski definition) is 2. The predicted octanol–water partition coefficient (Wildman–Crippen LogP) is 2.63. The number of nitrogens with zero attached hydrogens (tertiary/aromatic N) is 3. The fraction of sp³-hybridized carbons (Fsp3) is 0.522. The number of amides is 2. The number of benzene rings is 1. The monoisotopic (exact) mass is 410 g/mol. The van der Waals surface area contributed by atoms with Crippen molar-refractivity contribution >= 4 is 17.5 Å². The minimum absolute atomic E-state index is 0.00762. The van der Waals surface area contributed by atoms with E-state index in [4.69, 9.17) is 0 Å². The Morgan fingerprint density at radius 1 is 1.17 bits per heavy atom. The second kappa shape index (κ2) is 9.00. The Kier molecular flexibility index (Phi) is 6.18. The Labute approximate surface area is 177 Å². The first-order valence-corrected chi connectivity index (χ1v) is 10.9. The summed E-state index contributed by atoms with van der Waals surface area (Å²) in [6.07, 6.45) is 6.47. The van der Waals surface area contributed by atoms with E-state index in [0.29, 0.717) is 31.1 Å². The van der Waals surface area contributed by atoms with Gasteiger partial charge in [0.25, 0.3) is 0 Å². The van der Waals surface area contributed by atoms with E-state index >= 15 is 0 Å². The van der Waals surface area contributed by atoms with Gasteiger partial charge >= 0.3 is 0 Å². The highest BCUT2D eigenvalue weighted by Gasteiger charge is 2.43. The molecule has 4 rings (SSSR count). The summed E-state index contributed by atoms with van der Waals surface area (Å²) in [5, 5.41) is 17.7. The molecule has 7 heteroatoms. The molecule has 1 aliphatic carbocycles. The zero-order valence-electron chi connectivity index (χ0n) is 17.4. The number of nitrogens with one attached hydrogen (secondary N) is 1. The lowest BCUT2D eigenvalue weighted by Gasteiger charge is -2.35. The molecule has 4 atom stereocenters. The van der Waals surface area contributed by atoms with Gasteiger partial charge in [-0.3, -0.25) is 14.3 Å². The molecule has 2 amide bonds. The number of aromatic nitrogens is 2. The number of aliphatic hydroxyl groups excluding tert-OH is 1. The van der Waals surface area contributed by atoms with Crippen LogP contribution in [0.1, 0.15) is 44.2 Å². The lowest BCUT2D eigenvalue weighted by atomic mass is 9.77. The SMILES string of the molecule is CCCC(=O)Nc1ccc(CC(=O)N2C[C@H]3C[C@@H](n4cccn4)[C@H](O)C[C@H]3C2)cc1. The summed E-state index contributed by atoms with van der Waals surface area (Å²) in [7, 11) is 0. The van der Waals surface area contributed by atoms with Crippen LogP contribution < -0.4 is 5.32 Å². The standard InChI is InChI=1S/C23H30N4O3/c1-2-4-22(29)25-19-7-5-16(6-8-19)11-23(30)26-14-17-12-20(27-10-3-9-24-27)21(28)13-18(17)15-26/h3,5-10,17-18,20-21,28H,2,4,11-15H2,1H3,(H,25,29)/t17-,18+,20-,21-/m1/s1. The second-order valence-corrected chi connectivity index (χ2v) is 8.58. The lowest BCUT2D eigenvalue weighted by Crippen LogP contribution is -2.36. The maximum Gasteiger partial charge on any atom is 0.227 e. The number of hydrogen-bond acceptors (Lipinski definition) is 4. The van der Waals surface area contributed by atoms with Crippen molar-refractivity contribution in [3.05, 3.63) is 48.3 Å². The highest BCUT2D eigenvalue weighted by Crippen LogP contribution is 2.41. The highest BCUT2D eigenvalue weighted by molar-refractivity contribution is 5.90. The molecule has 2 heterocycles. The number of likely N-dealkylation sites (tertiary alicyclic amines) is 1. The molecule has 2 aromatic rings. The molecular weight excluding hydrogens is 380 g/mol. The number of carbonyl (C=O) groups excluding carboxylic acids is 2. The summed E-state index contributed by atoms with van der Waals surface area (Å²) >= 11 is 0. The molecule has 0 bridgehead atoms. The van der Waals surface area contributed by atoms with Gasteiger partial charge in [-0.15, -0.1) is 0 Å². The summed E-state index contributed by atoms with van der Waals surface area (Å²) in [4.78, 5) is 26.5. The largest absolute Gasteiger partial charge is 0.391 e. The Balaban J connectivity index is 1.32. The zero-order chi connectivity index (χ0) is 21.1. The van der Waals surface area contributed by atoms with Gasteiger partial charge in [0, 0.05) is 37.6 Å². The Morgan fingerprint density at radius 2 is 1.90 bits per heavy atom. The number of aliphatic hydroxyl groups is 1. The topological polar surface area (TPSA) is 87.5 Å². The van der Waals surface area contributed by atoms with Gasteiger partial charge in [0.15, 0.2) is 0 Å². The van der Waals surface area contributed by atoms with E-state index in [2.05, 4.69) is 10.4 Å². The molecule has 2 aliphatic rings. The molecule has 160 valence electrons. The van der Waals surface area contributed by atoms with Gasteiger partial charge in [0.1, 0.15) is 0 Å². The van der Waals surface area contributed by atoms with Crippen molar-refractivity contribution in [2.75, 3.05) is 18.4 Å². The van der Waals surface area contributed by atoms with Crippen molar-refractivity contribution in [2.45, 2.75) is 51.2 Å². The van der Waals surface area contributed by atoms with E-state index < -0.39 is 6.10 Å². The molecule has 2 N–H and O–H groups in total. The van der Waals surface area contributed by atoms with Crippen molar-refractivity contribution in [3.8, 4) is 0 Å². The van der Waals surface area contributed by atoms with Crippen LogP contribution in [0.15, 0.2) is 42.7 Å². The summed E-state index contributed by atoms with van der Waals surface area (Å²) < 4.78 is 1.85.